The molecule has 0 spiro atoms. The van der Waals surface area contributed by atoms with E-state index in [1.807, 2.05) is 43.3 Å². The highest BCUT2D eigenvalue weighted by atomic mass is 16.2. The van der Waals surface area contributed by atoms with Crippen molar-refractivity contribution in [2.45, 2.75) is 0 Å². The highest BCUT2D eigenvalue weighted by Gasteiger charge is 2.04. The van der Waals surface area contributed by atoms with Gasteiger partial charge in [-0.05, 0) is 32.6 Å². The van der Waals surface area contributed by atoms with Crippen molar-refractivity contribution in [2.75, 3.05) is 26.0 Å². The number of carbonyl (C=O) groups excluding carboxylic acids is 1. The van der Waals surface area contributed by atoms with Crippen LogP contribution in [0.5, 0.6) is 0 Å². The zero-order valence-electron chi connectivity index (χ0n) is 8.58. The van der Waals surface area contributed by atoms with Gasteiger partial charge in [0.25, 0.3) is 0 Å². The third-order valence-corrected chi connectivity index (χ3v) is 1.75. The summed E-state index contributed by atoms with van der Waals surface area (Å²) in [6.45, 7) is 4.21. The Bertz CT molecular complexity index is 321. The van der Waals surface area contributed by atoms with E-state index in [1.165, 1.54) is 0 Å². The van der Waals surface area contributed by atoms with Gasteiger partial charge in [-0.15, -0.1) is 0 Å². The molecule has 0 aliphatic heterocycles. The molecule has 14 heavy (non-hydrogen) atoms. The van der Waals surface area contributed by atoms with E-state index in [0.29, 0.717) is 6.54 Å². The van der Waals surface area contributed by atoms with Crippen molar-refractivity contribution < 1.29 is 4.79 Å². The van der Waals surface area contributed by atoms with Gasteiger partial charge < -0.3 is 10.2 Å². The Hall–Kier alpha value is -1.35. The first-order valence-electron chi connectivity index (χ1n) is 4.45. The number of hydrogen-bond acceptors (Lipinski definition) is 2. The minimum absolute atomic E-state index is 0.0221. The van der Waals surface area contributed by atoms with Gasteiger partial charge in [-0.25, -0.2) is 0 Å². The summed E-state index contributed by atoms with van der Waals surface area (Å²) in [5, 5.41) is 2.80. The average molecular weight is 191 g/mol. The molecule has 3 heteroatoms. The lowest BCUT2D eigenvalue weighted by molar-refractivity contribution is -0.116. The standard InChI is InChI=1S/C11H15N2O/c1-9-6-4-5-7-10(9)12-11(14)8-13(2)3/h4-7H,1,8H2,2-3H3,(H,12,14). The van der Waals surface area contributed by atoms with Gasteiger partial charge in [-0.3, -0.25) is 4.79 Å². The summed E-state index contributed by atoms with van der Waals surface area (Å²) in [5.74, 6) is -0.0221. The summed E-state index contributed by atoms with van der Waals surface area (Å²) in [4.78, 5) is 13.2. The van der Waals surface area contributed by atoms with Crippen LogP contribution in [-0.4, -0.2) is 31.4 Å². The summed E-state index contributed by atoms with van der Waals surface area (Å²) in [6.07, 6.45) is 0. The minimum atomic E-state index is -0.0221. The zero-order chi connectivity index (χ0) is 10.6. The normalized spacial score (nSPS) is 10.3. The van der Waals surface area contributed by atoms with Crippen LogP contribution in [0.3, 0.4) is 0 Å². The van der Waals surface area contributed by atoms with Crippen LogP contribution in [-0.2, 0) is 4.79 Å². The van der Waals surface area contributed by atoms with E-state index in [0.717, 1.165) is 11.3 Å². The summed E-state index contributed by atoms with van der Waals surface area (Å²) < 4.78 is 0. The fourth-order valence-electron chi connectivity index (χ4n) is 1.12. The maximum atomic E-state index is 11.4. The summed E-state index contributed by atoms with van der Waals surface area (Å²) in [5.41, 5.74) is 1.61. The zero-order valence-corrected chi connectivity index (χ0v) is 8.58. The Labute approximate surface area is 84.7 Å². The Morgan fingerprint density at radius 2 is 2.07 bits per heavy atom. The largest absolute Gasteiger partial charge is 0.325 e. The van der Waals surface area contributed by atoms with Crippen molar-refractivity contribution in [3.8, 4) is 0 Å². The monoisotopic (exact) mass is 191 g/mol. The second kappa shape index (κ2) is 4.77. The number of hydrogen-bond donors (Lipinski definition) is 1. The van der Waals surface area contributed by atoms with E-state index < -0.39 is 0 Å². The smallest absolute Gasteiger partial charge is 0.238 e. The Balaban J connectivity index is 2.61. The quantitative estimate of drug-likeness (QED) is 0.782. The van der Waals surface area contributed by atoms with E-state index in [4.69, 9.17) is 0 Å². The minimum Gasteiger partial charge on any atom is -0.325 e. The molecule has 0 atom stereocenters. The first-order valence-corrected chi connectivity index (χ1v) is 4.45. The molecule has 0 saturated carbocycles. The van der Waals surface area contributed by atoms with Crippen molar-refractivity contribution in [2.24, 2.45) is 0 Å². The number of para-hydroxylation sites is 1. The molecule has 1 aromatic rings. The molecule has 0 unspecified atom stereocenters. The summed E-state index contributed by atoms with van der Waals surface area (Å²) >= 11 is 0. The molecular weight excluding hydrogens is 176 g/mol. The van der Waals surface area contributed by atoms with Crippen LogP contribution in [0.25, 0.3) is 0 Å². The molecule has 3 nitrogen and oxygen atoms in total. The number of carbonyl (C=O) groups is 1. The van der Waals surface area contributed by atoms with E-state index in [1.54, 1.807) is 0 Å². The van der Waals surface area contributed by atoms with Gasteiger partial charge in [-0.1, -0.05) is 18.2 Å². The van der Waals surface area contributed by atoms with Crippen molar-refractivity contribution >= 4 is 11.6 Å². The highest BCUT2D eigenvalue weighted by molar-refractivity contribution is 5.93. The molecule has 0 aliphatic rings. The van der Waals surface area contributed by atoms with Crippen LogP contribution in [0.4, 0.5) is 5.69 Å². The Morgan fingerprint density at radius 3 is 2.64 bits per heavy atom. The van der Waals surface area contributed by atoms with E-state index >= 15 is 0 Å². The Kier molecular flexibility index (Phi) is 3.65. The van der Waals surface area contributed by atoms with Gasteiger partial charge in [-0.2, -0.15) is 0 Å². The first kappa shape index (κ1) is 10.7. The molecule has 1 radical (unpaired) electrons. The van der Waals surface area contributed by atoms with Crippen molar-refractivity contribution in [1.82, 2.24) is 4.90 Å². The molecule has 0 saturated heterocycles. The number of amides is 1. The molecular formula is C11H15N2O. The lowest BCUT2D eigenvalue weighted by Crippen LogP contribution is -2.27. The fraction of sp³-hybridized carbons (Fsp3) is 0.273. The van der Waals surface area contributed by atoms with Crippen molar-refractivity contribution in [3.05, 3.63) is 36.8 Å². The van der Waals surface area contributed by atoms with Gasteiger partial charge in [0.15, 0.2) is 0 Å². The number of nitrogens with one attached hydrogen (secondary N) is 1. The highest BCUT2D eigenvalue weighted by Crippen LogP contribution is 2.12. The number of likely N-dealkylation sites (N-methyl/N-ethyl adjacent to an activating group) is 1. The van der Waals surface area contributed by atoms with Crippen LogP contribution in [0.1, 0.15) is 5.56 Å². The summed E-state index contributed by atoms with van der Waals surface area (Å²) in [6, 6.07) is 7.48. The molecule has 1 aromatic carbocycles. The number of nitrogens with zero attached hydrogens (tertiary/aromatic N) is 1. The molecule has 0 bridgehead atoms. The van der Waals surface area contributed by atoms with E-state index in [2.05, 4.69) is 12.2 Å². The molecule has 0 aliphatic carbocycles. The van der Waals surface area contributed by atoms with Gasteiger partial charge in [0.05, 0.1) is 6.54 Å². The summed E-state index contributed by atoms with van der Waals surface area (Å²) in [7, 11) is 3.71. The van der Waals surface area contributed by atoms with Crippen molar-refractivity contribution in [3.63, 3.8) is 0 Å². The molecule has 75 valence electrons. The third-order valence-electron chi connectivity index (χ3n) is 1.75. The predicted octanol–water partition coefficient (Wildman–Crippen LogP) is 1.37. The Morgan fingerprint density at radius 1 is 1.43 bits per heavy atom. The lowest BCUT2D eigenvalue weighted by atomic mass is 10.2. The van der Waals surface area contributed by atoms with Crippen LogP contribution in [0.2, 0.25) is 0 Å². The van der Waals surface area contributed by atoms with Gasteiger partial charge in [0.2, 0.25) is 5.91 Å². The topological polar surface area (TPSA) is 32.3 Å². The molecule has 1 amide bonds. The molecule has 0 heterocycles. The molecule has 1 N–H and O–H groups in total. The van der Waals surface area contributed by atoms with Crippen LogP contribution < -0.4 is 5.32 Å². The van der Waals surface area contributed by atoms with E-state index in [9.17, 15) is 4.79 Å². The van der Waals surface area contributed by atoms with Crippen LogP contribution in [0.15, 0.2) is 24.3 Å². The number of benzene rings is 1. The lowest BCUT2D eigenvalue weighted by Gasteiger charge is -2.11. The van der Waals surface area contributed by atoms with Gasteiger partial charge in [0, 0.05) is 5.69 Å². The van der Waals surface area contributed by atoms with Gasteiger partial charge >= 0.3 is 0 Å². The third kappa shape index (κ3) is 3.18. The van der Waals surface area contributed by atoms with E-state index in [-0.39, 0.29) is 5.91 Å². The average Bonchev–Trinajstić information content (AvgIpc) is 2.07. The molecule has 0 fully saturated rings. The molecule has 1 rings (SSSR count). The second-order valence-electron chi connectivity index (χ2n) is 3.44. The first-order chi connectivity index (χ1) is 6.59. The number of rotatable bonds is 3. The van der Waals surface area contributed by atoms with Crippen LogP contribution in [0, 0.1) is 6.92 Å². The van der Waals surface area contributed by atoms with Gasteiger partial charge in [0.1, 0.15) is 0 Å². The predicted molar refractivity (Wildman–Crippen MR) is 58.1 cm³/mol. The molecule has 0 aromatic heterocycles. The second-order valence-corrected chi connectivity index (χ2v) is 3.44. The number of anilines is 1. The SMILES string of the molecule is [CH2]c1ccccc1NC(=O)CN(C)C. The van der Waals surface area contributed by atoms with Crippen LogP contribution >= 0.6 is 0 Å². The maximum Gasteiger partial charge on any atom is 0.238 e. The fourth-order valence-corrected chi connectivity index (χ4v) is 1.12. The maximum absolute atomic E-state index is 11.4. The van der Waals surface area contributed by atoms with Crippen molar-refractivity contribution in [1.29, 1.82) is 0 Å².